The van der Waals surface area contributed by atoms with Crippen molar-refractivity contribution in [1.82, 2.24) is 9.97 Å². The number of ether oxygens (including phenoxy) is 2. The molecule has 0 aliphatic rings. The van der Waals surface area contributed by atoms with Crippen LogP contribution < -0.4 is 10.1 Å². The fourth-order valence-corrected chi connectivity index (χ4v) is 1.54. The van der Waals surface area contributed by atoms with Gasteiger partial charge in [-0.2, -0.15) is 0 Å². The molecule has 1 aromatic heterocycles. The molecule has 1 rings (SSSR count). The molecule has 1 aromatic rings. The Morgan fingerprint density at radius 1 is 1.29 bits per heavy atom. The lowest BCUT2D eigenvalue weighted by Crippen LogP contribution is -2.31. The van der Waals surface area contributed by atoms with Crippen molar-refractivity contribution in [1.29, 1.82) is 0 Å². The van der Waals surface area contributed by atoms with Crippen LogP contribution in [-0.2, 0) is 4.74 Å². The average Bonchev–Trinajstić information content (AvgIpc) is 2.30. The molecule has 0 radical (unpaired) electrons. The molecular weight excluding hydrogens is 218 g/mol. The summed E-state index contributed by atoms with van der Waals surface area (Å²) in [5.74, 6) is 1.85. The number of rotatable bonds is 6. The van der Waals surface area contributed by atoms with Gasteiger partial charge in [0.2, 0.25) is 5.88 Å². The van der Waals surface area contributed by atoms with E-state index >= 15 is 0 Å². The third kappa shape index (κ3) is 3.56. The van der Waals surface area contributed by atoms with Gasteiger partial charge in [0.1, 0.15) is 12.1 Å². The molecule has 0 aromatic carbocycles. The second-order valence-electron chi connectivity index (χ2n) is 4.31. The van der Waals surface area contributed by atoms with Crippen LogP contribution >= 0.6 is 0 Å². The van der Waals surface area contributed by atoms with E-state index in [0.717, 1.165) is 11.4 Å². The molecule has 5 heteroatoms. The van der Waals surface area contributed by atoms with Crippen molar-refractivity contribution < 1.29 is 9.47 Å². The van der Waals surface area contributed by atoms with E-state index in [-0.39, 0.29) is 6.04 Å². The molecule has 0 amide bonds. The lowest BCUT2D eigenvalue weighted by Gasteiger charge is -2.23. The summed E-state index contributed by atoms with van der Waals surface area (Å²) in [6, 6.07) is 0.221. The molecule has 0 fully saturated rings. The number of hydrogen-bond acceptors (Lipinski definition) is 5. The number of nitrogens with zero attached hydrogens (tertiary/aromatic N) is 2. The summed E-state index contributed by atoms with van der Waals surface area (Å²) >= 11 is 0. The van der Waals surface area contributed by atoms with E-state index in [2.05, 4.69) is 29.1 Å². The summed E-state index contributed by atoms with van der Waals surface area (Å²) in [5.41, 5.74) is 0.914. The highest BCUT2D eigenvalue weighted by atomic mass is 16.5. The third-order valence-electron chi connectivity index (χ3n) is 2.70. The molecule has 0 aliphatic carbocycles. The van der Waals surface area contributed by atoms with Crippen LogP contribution in [-0.4, -0.2) is 36.8 Å². The van der Waals surface area contributed by atoms with E-state index in [4.69, 9.17) is 9.47 Å². The Morgan fingerprint density at radius 2 is 2.00 bits per heavy atom. The predicted molar refractivity (Wildman–Crippen MR) is 67.4 cm³/mol. The second-order valence-corrected chi connectivity index (χ2v) is 4.31. The van der Waals surface area contributed by atoms with Crippen LogP contribution in [0.25, 0.3) is 0 Å². The number of anilines is 1. The van der Waals surface area contributed by atoms with E-state index in [1.165, 1.54) is 6.33 Å². The van der Waals surface area contributed by atoms with E-state index in [9.17, 15) is 0 Å². The second kappa shape index (κ2) is 6.39. The van der Waals surface area contributed by atoms with Crippen molar-refractivity contribution in [3.05, 3.63) is 11.9 Å². The minimum Gasteiger partial charge on any atom is -0.481 e. The molecule has 1 N–H and O–H groups in total. The molecule has 0 saturated carbocycles. The SMILES string of the molecule is COCC(Nc1ncnc(OC)c1C)C(C)C. The molecule has 96 valence electrons. The fourth-order valence-electron chi connectivity index (χ4n) is 1.54. The highest BCUT2D eigenvalue weighted by Gasteiger charge is 2.16. The molecule has 0 bridgehead atoms. The van der Waals surface area contributed by atoms with Gasteiger partial charge in [-0.15, -0.1) is 0 Å². The Balaban J connectivity index is 2.85. The Morgan fingerprint density at radius 3 is 2.53 bits per heavy atom. The van der Waals surface area contributed by atoms with E-state index < -0.39 is 0 Å². The van der Waals surface area contributed by atoms with Crippen LogP contribution in [0.5, 0.6) is 5.88 Å². The standard InChI is InChI=1S/C12H21N3O2/c1-8(2)10(6-16-4)15-11-9(3)12(17-5)14-7-13-11/h7-8,10H,6H2,1-5H3,(H,13,14,15). The summed E-state index contributed by atoms with van der Waals surface area (Å²) in [5, 5.41) is 3.37. The monoisotopic (exact) mass is 239 g/mol. The van der Waals surface area contributed by atoms with Gasteiger partial charge in [-0.1, -0.05) is 13.8 Å². The summed E-state index contributed by atoms with van der Waals surface area (Å²) in [6.45, 7) is 6.86. The maximum Gasteiger partial charge on any atom is 0.221 e. The molecule has 5 nitrogen and oxygen atoms in total. The summed E-state index contributed by atoms with van der Waals surface area (Å²) in [6.07, 6.45) is 1.50. The zero-order chi connectivity index (χ0) is 12.8. The van der Waals surface area contributed by atoms with E-state index in [1.54, 1.807) is 14.2 Å². The molecule has 17 heavy (non-hydrogen) atoms. The molecule has 0 spiro atoms. The summed E-state index contributed by atoms with van der Waals surface area (Å²) in [4.78, 5) is 8.28. The Labute approximate surface area is 103 Å². The fraction of sp³-hybridized carbons (Fsp3) is 0.667. The largest absolute Gasteiger partial charge is 0.481 e. The molecule has 0 aliphatic heterocycles. The maximum absolute atomic E-state index is 5.20. The third-order valence-corrected chi connectivity index (χ3v) is 2.70. The topological polar surface area (TPSA) is 56.3 Å². The van der Waals surface area contributed by atoms with Gasteiger partial charge in [-0.25, -0.2) is 9.97 Å². The van der Waals surface area contributed by atoms with Crippen molar-refractivity contribution in [2.45, 2.75) is 26.8 Å². The molecule has 1 heterocycles. The van der Waals surface area contributed by atoms with Gasteiger partial charge < -0.3 is 14.8 Å². The Bertz CT molecular complexity index is 356. The number of methoxy groups -OCH3 is 2. The number of hydrogen-bond donors (Lipinski definition) is 1. The molecule has 1 atom stereocenters. The van der Waals surface area contributed by atoms with Crippen LogP contribution in [0.2, 0.25) is 0 Å². The van der Waals surface area contributed by atoms with Gasteiger partial charge in [-0.05, 0) is 12.8 Å². The van der Waals surface area contributed by atoms with Crippen molar-refractivity contribution >= 4 is 5.82 Å². The smallest absolute Gasteiger partial charge is 0.221 e. The van der Waals surface area contributed by atoms with Crippen molar-refractivity contribution in [3.8, 4) is 5.88 Å². The minimum atomic E-state index is 0.221. The first-order chi connectivity index (χ1) is 8.10. The molecule has 1 unspecified atom stereocenters. The maximum atomic E-state index is 5.20. The number of aromatic nitrogens is 2. The van der Waals surface area contributed by atoms with Crippen LogP contribution in [0.1, 0.15) is 19.4 Å². The Hall–Kier alpha value is -1.36. The van der Waals surface area contributed by atoms with Gasteiger partial charge in [0.25, 0.3) is 0 Å². The highest BCUT2D eigenvalue weighted by molar-refractivity contribution is 5.48. The zero-order valence-corrected chi connectivity index (χ0v) is 11.2. The van der Waals surface area contributed by atoms with Crippen LogP contribution in [0, 0.1) is 12.8 Å². The molecule has 0 saturated heterocycles. The first-order valence-corrected chi connectivity index (χ1v) is 5.71. The molecular formula is C12H21N3O2. The van der Waals surface area contributed by atoms with Crippen molar-refractivity contribution in [2.24, 2.45) is 5.92 Å². The van der Waals surface area contributed by atoms with Gasteiger partial charge in [0, 0.05) is 7.11 Å². The van der Waals surface area contributed by atoms with Gasteiger partial charge in [0.05, 0.1) is 25.3 Å². The predicted octanol–water partition coefficient (Wildman–Crippen LogP) is 1.88. The van der Waals surface area contributed by atoms with Crippen LogP contribution in [0.4, 0.5) is 5.82 Å². The van der Waals surface area contributed by atoms with Crippen LogP contribution in [0.15, 0.2) is 6.33 Å². The summed E-state index contributed by atoms with van der Waals surface area (Å²) in [7, 11) is 3.30. The summed E-state index contributed by atoms with van der Waals surface area (Å²) < 4.78 is 10.4. The van der Waals surface area contributed by atoms with Gasteiger partial charge in [0.15, 0.2) is 0 Å². The van der Waals surface area contributed by atoms with Crippen molar-refractivity contribution in [3.63, 3.8) is 0 Å². The quantitative estimate of drug-likeness (QED) is 0.821. The normalized spacial score (nSPS) is 12.6. The van der Waals surface area contributed by atoms with E-state index in [1.807, 2.05) is 6.92 Å². The first kappa shape index (κ1) is 13.7. The zero-order valence-electron chi connectivity index (χ0n) is 11.2. The lowest BCUT2D eigenvalue weighted by atomic mass is 10.1. The average molecular weight is 239 g/mol. The van der Waals surface area contributed by atoms with Crippen molar-refractivity contribution in [2.75, 3.05) is 26.1 Å². The van der Waals surface area contributed by atoms with E-state index in [0.29, 0.717) is 18.4 Å². The van der Waals surface area contributed by atoms with Gasteiger partial charge >= 0.3 is 0 Å². The van der Waals surface area contributed by atoms with Gasteiger partial charge in [-0.3, -0.25) is 0 Å². The minimum absolute atomic E-state index is 0.221. The number of nitrogens with one attached hydrogen (secondary N) is 1. The lowest BCUT2D eigenvalue weighted by molar-refractivity contribution is 0.171. The first-order valence-electron chi connectivity index (χ1n) is 5.71. The van der Waals surface area contributed by atoms with Crippen LogP contribution in [0.3, 0.4) is 0 Å². The highest BCUT2D eigenvalue weighted by Crippen LogP contribution is 2.21. The Kier molecular flexibility index (Phi) is 5.15.